The van der Waals surface area contributed by atoms with Gasteiger partial charge in [-0.05, 0) is 48.9 Å². The molecule has 1 aromatic rings. The lowest BCUT2D eigenvalue weighted by Crippen LogP contribution is -2.29. The van der Waals surface area contributed by atoms with Crippen LogP contribution < -0.4 is 0 Å². The number of rotatable bonds is 2. The fourth-order valence-corrected chi connectivity index (χ4v) is 3.51. The Balaban J connectivity index is 1.71. The lowest BCUT2D eigenvalue weighted by molar-refractivity contribution is 0.0695. The van der Waals surface area contributed by atoms with E-state index in [1.54, 1.807) is 12.1 Å². The molecule has 0 radical (unpaired) electrons. The minimum absolute atomic E-state index is 0.0383. The van der Waals surface area contributed by atoms with E-state index in [4.69, 9.17) is 5.11 Å². The number of amides is 1. The first-order valence-corrected chi connectivity index (χ1v) is 7.28. The van der Waals surface area contributed by atoms with Crippen LogP contribution in [0.5, 0.6) is 0 Å². The largest absolute Gasteiger partial charge is 0.478 e. The Bertz CT molecular complexity index is 509. The van der Waals surface area contributed by atoms with Crippen LogP contribution in [0.3, 0.4) is 0 Å². The predicted molar refractivity (Wildman–Crippen MR) is 74.8 cm³/mol. The van der Waals surface area contributed by atoms with Gasteiger partial charge in [0.05, 0.1) is 5.56 Å². The Morgan fingerprint density at radius 1 is 0.950 bits per heavy atom. The van der Waals surface area contributed by atoms with Crippen LogP contribution in [-0.2, 0) is 0 Å². The summed E-state index contributed by atoms with van der Waals surface area (Å²) in [6, 6.07) is 6.24. The van der Waals surface area contributed by atoms with Crippen molar-refractivity contribution in [2.45, 2.75) is 25.7 Å². The molecule has 1 heterocycles. The highest BCUT2D eigenvalue weighted by atomic mass is 16.4. The molecule has 2 fully saturated rings. The highest BCUT2D eigenvalue weighted by molar-refractivity contribution is 5.96. The first-order chi connectivity index (χ1) is 9.65. The monoisotopic (exact) mass is 273 g/mol. The summed E-state index contributed by atoms with van der Waals surface area (Å²) in [7, 11) is 0. The summed E-state index contributed by atoms with van der Waals surface area (Å²) in [4.78, 5) is 25.2. The summed E-state index contributed by atoms with van der Waals surface area (Å²) in [5.41, 5.74) is 0.810. The van der Waals surface area contributed by atoms with Gasteiger partial charge in [0, 0.05) is 18.7 Å². The van der Waals surface area contributed by atoms with Crippen molar-refractivity contribution < 1.29 is 14.7 Å². The van der Waals surface area contributed by atoms with Crippen molar-refractivity contribution >= 4 is 11.9 Å². The van der Waals surface area contributed by atoms with Crippen LogP contribution in [-0.4, -0.2) is 35.0 Å². The van der Waals surface area contributed by atoms with Gasteiger partial charge in [0.1, 0.15) is 0 Å². The number of carbonyl (C=O) groups excluding carboxylic acids is 1. The molecule has 1 aliphatic carbocycles. The van der Waals surface area contributed by atoms with Crippen molar-refractivity contribution in [1.29, 1.82) is 0 Å². The maximum Gasteiger partial charge on any atom is 0.335 e. The lowest BCUT2D eigenvalue weighted by Gasteiger charge is -2.22. The van der Waals surface area contributed by atoms with E-state index in [1.807, 2.05) is 4.90 Å². The van der Waals surface area contributed by atoms with Gasteiger partial charge in [-0.2, -0.15) is 0 Å². The topological polar surface area (TPSA) is 57.6 Å². The van der Waals surface area contributed by atoms with Gasteiger partial charge in [0.2, 0.25) is 0 Å². The molecule has 3 rings (SSSR count). The van der Waals surface area contributed by atoms with Crippen LogP contribution in [0.25, 0.3) is 0 Å². The molecular weight excluding hydrogens is 254 g/mol. The number of hydrogen-bond acceptors (Lipinski definition) is 2. The molecule has 106 valence electrons. The summed E-state index contributed by atoms with van der Waals surface area (Å²) in [6.45, 7) is 1.73. The third-order valence-corrected chi connectivity index (χ3v) is 4.64. The van der Waals surface area contributed by atoms with Gasteiger partial charge in [-0.15, -0.1) is 0 Å². The van der Waals surface area contributed by atoms with Crippen LogP contribution >= 0.6 is 0 Å². The number of carboxylic acid groups (broad SMARTS) is 1. The molecule has 0 bridgehead atoms. The second-order valence-corrected chi connectivity index (χ2v) is 5.90. The number of carboxylic acids is 1. The number of carbonyl (C=O) groups is 2. The van der Waals surface area contributed by atoms with Crippen molar-refractivity contribution in [2.75, 3.05) is 13.1 Å². The van der Waals surface area contributed by atoms with Gasteiger partial charge in [-0.3, -0.25) is 4.79 Å². The van der Waals surface area contributed by atoms with E-state index in [1.165, 1.54) is 37.8 Å². The molecular formula is C16H19NO3. The summed E-state index contributed by atoms with van der Waals surface area (Å²) < 4.78 is 0. The Labute approximate surface area is 118 Å². The molecule has 1 N–H and O–H groups in total. The third-order valence-electron chi connectivity index (χ3n) is 4.64. The van der Waals surface area contributed by atoms with Crippen LogP contribution in [0.2, 0.25) is 0 Å². The van der Waals surface area contributed by atoms with Gasteiger partial charge < -0.3 is 10.0 Å². The Morgan fingerprint density at radius 3 is 1.95 bits per heavy atom. The summed E-state index contributed by atoms with van der Waals surface area (Å²) in [5, 5.41) is 8.87. The molecule has 1 saturated carbocycles. The van der Waals surface area contributed by atoms with E-state index >= 15 is 0 Å². The number of likely N-dealkylation sites (tertiary alicyclic amines) is 1. The summed E-state index contributed by atoms with van der Waals surface area (Å²) in [6.07, 6.45) is 5.06. The molecule has 1 aliphatic heterocycles. The second-order valence-electron chi connectivity index (χ2n) is 5.90. The van der Waals surface area contributed by atoms with Gasteiger partial charge in [-0.25, -0.2) is 4.79 Å². The molecule has 0 unspecified atom stereocenters. The van der Waals surface area contributed by atoms with Crippen LogP contribution in [0.1, 0.15) is 46.4 Å². The van der Waals surface area contributed by atoms with Crippen molar-refractivity contribution in [2.24, 2.45) is 11.8 Å². The fourth-order valence-electron chi connectivity index (χ4n) is 3.51. The van der Waals surface area contributed by atoms with Crippen LogP contribution in [0, 0.1) is 11.8 Å². The quantitative estimate of drug-likeness (QED) is 0.901. The average Bonchev–Trinajstić information content (AvgIpc) is 2.90. The summed E-state index contributed by atoms with van der Waals surface area (Å²) >= 11 is 0. The van der Waals surface area contributed by atoms with Crippen molar-refractivity contribution in [3.63, 3.8) is 0 Å². The molecule has 4 nitrogen and oxygen atoms in total. The van der Waals surface area contributed by atoms with Crippen molar-refractivity contribution in [3.05, 3.63) is 35.4 Å². The zero-order chi connectivity index (χ0) is 14.1. The number of fused-ring (bicyclic) bond motifs is 1. The fraction of sp³-hybridized carbons (Fsp3) is 0.500. The Hall–Kier alpha value is -1.84. The molecule has 0 aromatic heterocycles. The van der Waals surface area contributed by atoms with Crippen molar-refractivity contribution in [1.82, 2.24) is 4.90 Å². The van der Waals surface area contributed by atoms with E-state index in [2.05, 4.69) is 0 Å². The smallest absolute Gasteiger partial charge is 0.335 e. The minimum atomic E-state index is -0.962. The van der Waals surface area contributed by atoms with E-state index in [-0.39, 0.29) is 11.5 Å². The third kappa shape index (κ3) is 2.42. The van der Waals surface area contributed by atoms with Crippen LogP contribution in [0.15, 0.2) is 24.3 Å². The lowest BCUT2D eigenvalue weighted by atomic mass is 9.82. The van der Waals surface area contributed by atoms with E-state index < -0.39 is 5.97 Å². The molecule has 2 aliphatic rings. The Morgan fingerprint density at radius 2 is 1.45 bits per heavy atom. The number of aromatic carboxylic acids is 1. The second kappa shape index (κ2) is 5.27. The normalized spacial score (nSPS) is 25.3. The van der Waals surface area contributed by atoms with Crippen molar-refractivity contribution in [3.8, 4) is 0 Å². The van der Waals surface area contributed by atoms with Gasteiger partial charge >= 0.3 is 5.97 Å². The zero-order valence-electron chi connectivity index (χ0n) is 11.4. The predicted octanol–water partition coefficient (Wildman–Crippen LogP) is 2.65. The molecule has 1 aromatic carbocycles. The summed E-state index contributed by atoms with van der Waals surface area (Å²) in [5.74, 6) is 0.421. The van der Waals surface area contributed by atoms with Gasteiger partial charge in [0.15, 0.2) is 0 Å². The molecule has 1 saturated heterocycles. The van der Waals surface area contributed by atoms with E-state index in [0.717, 1.165) is 13.1 Å². The van der Waals surface area contributed by atoms with Crippen LogP contribution in [0.4, 0.5) is 0 Å². The number of nitrogens with zero attached hydrogens (tertiary/aromatic N) is 1. The molecule has 2 atom stereocenters. The highest BCUT2D eigenvalue weighted by Gasteiger charge is 2.36. The van der Waals surface area contributed by atoms with E-state index in [0.29, 0.717) is 17.4 Å². The molecule has 20 heavy (non-hydrogen) atoms. The molecule has 1 amide bonds. The number of benzene rings is 1. The highest BCUT2D eigenvalue weighted by Crippen LogP contribution is 2.36. The first kappa shape index (κ1) is 13.2. The standard InChI is InChI=1S/C16H19NO3/c18-15(11-5-7-12(8-6-11)16(19)20)17-9-13-3-1-2-4-14(13)10-17/h5-8,13-14H,1-4,9-10H2,(H,19,20)/t13-,14-/m1/s1. The maximum absolute atomic E-state index is 12.4. The molecule has 4 heteroatoms. The van der Waals surface area contributed by atoms with Gasteiger partial charge in [0.25, 0.3) is 5.91 Å². The first-order valence-electron chi connectivity index (χ1n) is 7.28. The average molecular weight is 273 g/mol. The SMILES string of the molecule is O=C(O)c1ccc(C(=O)N2C[C@H]3CCCC[C@@H]3C2)cc1. The maximum atomic E-state index is 12.4. The minimum Gasteiger partial charge on any atom is -0.478 e. The molecule has 0 spiro atoms. The van der Waals surface area contributed by atoms with E-state index in [9.17, 15) is 9.59 Å². The Kier molecular flexibility index (Phi) is 3.47. The van der Waals surface area contributed by atoms with Gasteiger partial charge in [-0.1, -0.05) is 12.8 Å². The number of hydrogen-bond donors (Lipinski definition) is 1. The zero-order valence-corrected chi connectivity index (χ0v) is 11.4.